The highest BCUT2D eigenvalue weighted by molar-refractivity contribution is 14.1. The predicted octanol–water partition coefficient (Wildman–Crippen LogP) is 2.47. The normalized spacial score (nSPS) is 37.4. The average molecular weight is 295 g/mol. The fourth-order valence-corrected chi connectivity index (χ4v) is 3.08. The minimum Gasteiger partial charge on any atom is -0.381 e. The van der Waals surface area contributed by atoms with E-state index in [1.165, 1.54) is 38.8 Å². The lowest BCUT2D eigenvalue weighted by molar-refractivity contribution is -0.0273. The summed E-state index contributed by atoms with van der Waals surface area (Å²) in [6.07, 6.45) is 6.04. The molecule has 1 aliphatic heterocycles. The van der Waals surface area contributed by atoms with E-state index in [0.29, 0.717) is 6.10 Å². The highest BCUT2D eigenvalue weighted by Crippen LogP contribution is 2.40. The van der Waals surface area contributed by atoms with Gasteiger partial charge in [-0.25, -0.2) is 3.11 Å². The molecule has 0 atom stereocenters. The van der Waals surface area contributed by atoms with Crippen molar-refractivity contribution in [1.29, 1.82) is 0 Å². The summed E-state index contributed by atoms with van der Waals surface area (Å²) in [6.45, 7) is 2.58. The van der Waals surface area contributed by atoms with Crippen molar-refractivity contribution in [2.45, 2.75) is 31.8 Å². The molecule has 13 heavy (non-hydrogen) atoms. The van der Waals surface area contributed by atoms with Gasteiger partial charge in [-0.15, -0.1) is 0 Å². The van der Waals surface area contributed by atoms with Crippen LogP contribution >= 0.6 is 22.9 Å². The molecule has 0 amide bonds. The Morgan fingerprint density at radius 1 is 1.15 bits per heavy atom. The Morgan fingerprint density at radius 3 is 2.31 bits per heavy atom. The van der Waals surface area contributed by atoms with Gasteiger partial charge in [-0.2, -0.15) is 0 Å². The van der Waals surface area contributed by atoms with Gasteiger partial charge in [0.15, 0.2) is 0 Å². The van der Waals surface area contributed by atoms with Crippen LogP contribution < -0.4 is 0 Å². The first kappa shape index (κ1) is 10.2. The third-order valence-electron chi connectivity index (χ3n) is 3.62. The number of rotatable bonds is 2. The summed E-state index contributed by atoms with van der Waals surface area (Å²) in [7, 11) is 1.84. The van der Waals surface area contributed by atoms with E-state index in [2.05, 4.69) is 26.0 Å². The van der Waals surface area contributed by atoms with Crippen LogP contribution in [0.25, 0.3) is 0 Å². The van der Waals surface area contributed by atoms with Crippen molar-refractivity contribution in [1.82, 2.24) is 3.11 Å². The van der Waals surface area contributed by atoms with E-state index in [1.807, 2.05) is 7.11 Å². The van der Waals surface area contributed by atoms with Gasteiger partial charge in [0.25, 0.3) is 0 Å². The standard InChI is InChI=1S/C10H18INO/c1-13-10-6-9(7-10)8-2-4-12(11)5-3-8/h8-10H,2-7H2,1H3. The molecule has 3 heteroatoms. The van der Waals surface area contributed by atoms with Crippen LogP contribution in [-0.2, 0) is 4.74 Å². The van der Waals surface area contributed by atoms with Gasteiger partial charge in [0.2, 0.25) is 0 Å². The van der Waals surface area contributed by atoms with Gasteiger partial charge in [0.05, 0.1) is 6.10 Å². The minimum absolute atomic E-state index is 0.586. The first-order chi connectivity index (χ1) is 6.29. The van der Waals surface area contributed by atoms with Crippen molar-refractivity contribution in [2.24, 2.45) is 11.8 Å². The van der Waals surface area contributed by atoms with Crippen LogP contribution in [0.5, 0.6) is 0 Å². The SMILES string of the molecule is COC1CC(C2CCN(I)CC2)C1. The number of ether oxygens (including phenoxy) is 1. The largest absolute Gasteiger partial charge is 0.381 e. The number of halogens is 1. The van der Waals surface area contributed by atoms with Crippen LogP contribution in [0.1, 0.15) is 25.7 Å². The van der Waals surface area contributed by atoms with Crippen LogP contribution in [-0.4, -0.2) is 29.4 Å². The van der Waals surface area contributed by atoms with E-state index in [1.54, 1.807) is 0 Å². The molecule has 0 radical (unpaired) electrons. The molecule has 0 bridgehead atoms. The summed E-state index contributed by atoms with van der Waals surface area (Å²) in [5.41, 5.74) is 0. The molecule has 0 spiro atoms. The molecule has 1 aliphatic carbocycles. The van der Waals surface area contributed by atoms with Gasteiger partial charge in [-0.1, -0.05) is 0 Å². The van der Waals surface area contributed by atoms with Crippen LogP contribution in [0.15, 0.2) is 0 Å². The van der Waals surface area contributed by atoms with Crippen LogP contribution in [0.4, 0.5) is 0 Å². The Balaban J connectivity index is 1.71. The molecule has 1 saturated heterocycles. The van der Waals surface area contributed by atoms with Gasteiger partial charge in [0, 0.05) is 43.1 Å². The van der Waals surface area contributed by atoms with Gasteiger partial charge in [-0.05, 0) is 37.5 Å². The molecule has 0 aromatic rings. The Labute approximate surface area is 94.5 Å². The van der Waals surface area contributed by atoms with Crippen molar-refractivity contribution in [3.05, 3.63) is 0 Å². The molecular weight excluding hydrogens is 277 g/mol. The zero-order chi connectivity index (χ0) is 9.26. The molecule has 0 unspecified atom stereocenters. The Morgan fingerprint density at radius 2 is 1.77 bits per heavy atom. The van der Waals surface area contributed by atoms with E-state index < -0.39 is 0 Å². The molecule has 2 aliphatic rings. The lowest BCUT2D eigenvalue weighted by atomic mass is 9.70. The van der Waals surface area contributed by atoms with Crippen molar-refractivity contribution >= 4 is 22.9 Å². The molecule has 2 nitrogen and oxygen atoms in total. The van der Waals surface area contributed by atoms with E-state index >= 15 is 0 Å². The molecule has 1 heterocycles. The molecule has 0 aromatic heterocycles. The molecule has 1 saturated carbocycles. The van der Waals surface area contributed by atoms with Crippen molar-refractivity contribution < 1.29 is 4.74 Å². The van der Waals surface area contributed by atoms with Crippen LogP contribution in [0.2, 0.25) is 0 Å². The second-order valence-electron chi connectivity index (χ2n) is 4.34. The molecule has 2 fully saturated rings. The zero-order valence-electron chi connectivity index (χ0n) is 8.21. The Hall–Kier alpha value is 0.650. The third kappa shape index (κ3) is 2.36. The minimum atomic E-state index is 0.586. The fraction of sp³-hybridized carbons (Fsp3) is 1.00. The lowest BCUT2D eigenvalue weighted by Crippen LogP contribution is -2.39. The number of piperidine rings is 1. The summed E-state index contributed by atoms with van der Waals surface area (Å²) < 4.78 is 7.73. The summed E-state index contributed by atoms with van der Waals surface area (Å²) in [5, 5.41) is 0. The van der Waals surface area contributed by atoms with Gasteiger partial charge >= 0.3 is 0 Å². The predicted molar refractivity (Wildman–Crippen MR) is 61.8 cm³/mol. The molecule has 0 N–H and O–H groups in total. The highest BCUT2D eigenvalue weighted by atomic mass is 127. The second-order valence-corrected chi connectivity index (χ2v) is 5.70. The van der Waals surface area contributed by atoms with Crippen molar-refractivity contribution in [2.75, 3.05) is 20.2 Å². The lowest BCUT2D eigenvalue weighted by Gasteiger charge is -2.42. The molecule has 0 aromatic carbocycles. The first-order valence-corrected chi connectivity index (χ1v) is 6.19. The van der Waals surface area contributed by atoms with Gasteiger partial charge < -0.3 is 4.74 Å². The van der Waals surface area contributed by atoms with Crippen molar-refractivity contribution in [3.63, 3.8) is 0 Å². The number of hydrogen-bond donors (Lipinski definition) is 0. The summed E-state index contributed by atoms with van der Waals surface area (Å²) >= 11 is 2.44. The highest BCUT2D eigenvalue weighted by Gasteiger charge is 2.36. The van der Waals surface area contributed by atoms with Gasteiger partial charge in [-0.3, -0.25) is 0 Å². The topological polar surface area (TPSA) is 12.5 Å². The maximum absolute atomic E-state index is 5.32. The Bertz CT molecular complexity index is 162. The summed E-state index contributed by atoms with van der Waals surface area (Å²) in [4.78, 5) is 0. The summed E-state index contributed by atoms with van der Waals surface area (Å²) in [6, 6.07) is 0. The Kier molecular flexibility index (Phi) is 3.48. The van der Waals surface area contributed by atoms with Gasteiger partial charge in [0.1, 0.15) is 0 Å². The monoisotopic (exact) mass is 295 g/mol. The van der Waals surface area contributed by atoms with Crippen LogP contribution in [0, 0.1) is 11.8 Å². The number of hydrogen-bond acceptors (Lipinski definition) is 2. The van der Waals surface area contributed by atoms with E-state index in [9.17, 15) is 0 Å². The quantitative estimate of drug-likeness (QED) is 0.573. The average Bonchev–Trinajstić information content (AvgIpc) is 2.06. The number of methoxy groups -OCH3 is 1. The summed E-state index contributed by atoms with van der Waals surface area (Å²) in [5.74, 6) is 1.98. The first-order valence-electron chi connectivity index (χ1n) is 5.23. The molecule has 2 rings (SSSR count). The third-order valence-corrected chi connectivity index (χ3v) is 4.58. The molecular formula is C10H18INO. The second kappa shape index (κ2) is 4.45. The smallest absolute Gasteiger partial charge is 0.0576 e. The maximum atomic E-state index is 5.32. The molecule has 76 valence electrons. The maximum Gasteiger partial charge on any atom is 0.0576 e. The van der Waals surface area contributed by atoms with E-state index in [4.69, 9.17) is 4.74 Å². The number of nitrogens with zero attached hydrogens (tertiary/aromatic N) is 1. The zero-order valence-corrected chi connectivity index (χ0v) is 10.4. The van der Waals surface area contributed by atoms with E-state index in [0.717, 1.165) is 11.8 Å². The van der Waals surface area contributed by atoms with E-state index in [-0.39, 0.29) is 0 Å². The fourth-order valence-electron chi connectivity index (χ4n) is 2.52. The van der Waals surface area contributed by atoms with Crippen LogP contribution in [0.3, 0.4) is 0 Å². The van der Waals surface area contributed by atoms with Crippen molar-refractivity contribution in [3.8, 4) is 0 Å².